The minimum absolute atomic E-state index is 0.207. The summed E-state index contributed by atoms with van der Waals surface area (Å²) >= 11 is 0. The normalized spacial score (nSPS) is 17.1. The molecule has 2 amide bonds. The van der Waals surface area contributed by atoms with Crippen LogP contribution in [-0.4, -0.2) is 60.2 Å². The maximum atomic E-state index is 13.3. The van der Waals surface area contributed by atoms with E-state index in [2.05, 4.69) is 20.1 Å². The Morgan fingerprint density at radius 1 is 1.00 bits per heavy atom. The van der Waals surface area contributed by atoms with Gasteiger partial charge in [0.05, 0.1) is 0 Å². The monoisotopic (exact) mass is 384 g/mol. The molecule has 4 rings (SSSR count). The zero-order valence-electron chi connectivity index (χ0n) is 16.1. The summed E-state index contributed by atoms with van der Waals surface area (Å²) in [5, 5.41) is 2.76. The first-order chi connectivity index (χ1) is 13.6. The van der Waals surface area contributed by atoms with Crippen LogP contribution in [-0.2, 0) is 0 Å². The topological polar surface area (TPSA) is 64.6 Å². The van der Waals surface area contributed by atoms with Crippen molar-refractivity contribution in [2.75, 3.05) is 54.4 Å². The number of urea groups is 1. The molecular formula is C20H25FN6O. The fraction of sp³-hybridized carbons (Fsp3) is 0.450. The van der Waals surface area contributed by atoms with Crippen LogP contribution < -0.4 is 15.1 Å². The van der Waals surface area contributed by atoms with Crippen LogP contribution in [0.3, 0.4) is 0 Å². The van der Waals surface area contributed by atoms with Crippen molar-refractivity contribution in [3.05, 3.63) is 41.8 Å². The van der Waals surface area contributed by atoms with Crippen LogP contribution in [0.15, 0.2) is 30.3 Å². The summed E-state index contributed by atoms with van der Waals surface area (Å²) < 4.78 is 13.3. The Morgan fingerprint density at radius 2 is 1.75 bits per heavy atom. The van der Waals surface area contributed by atoms with Crippen molar-refractivity contribution < 1.29 is 9.18 Å². The summed E-state index contributed by atoms with van der Waals surface area (Å²) in [5.74, 6) is 1.36. The fourth-order valence-corrected chi connectivity index (χ4v) is 3.66. The number of aryl methyl sites for hydroxylation is 1. The van der Waals surface area contributed by atoms with E-state index < -0.39 is 0 Å². The summed E-state index contributed by atoms with van der Waals surface area (Å²) in [6, 6.07) is 7.73. The number of hydrogen-bond acceptors (Lipinski definition) is 5. The molecule has 0 atom stereocenters. The minimum atomic E-state index is -0.365. The van der Waals surface area contributed by atoms with Crippen molar-refractivity contribution in [1.29, 1.82) is 0 Å². The number of rotatable bonds is 3. The maximum absolute atomic E-state index is 13.3. The Bertz CT molecular complexity index is 846. The van der Waals surface area contributed by atoms with E-state index in [1.54, 1.807) is 17.0 Å². The van der Waals surface area contributed by atoms with Crippen LogP contribution in [0.5, 0.6) is 0 Å². The molecule has 1 aromatic heterocycles. The average Bonchev–Trinajstić information content (AvgIpc) is 3.22. The van der Waals surface area contributed by atoms with Gasteiger partial charge in [0.15, 0.2) is 0 Å². The van der Waals surface area contributed by atoms with Crippen molar-refractivity contribution in [2.45, 2.75) is 19.8 Å². The molecule has 28 heavy (non-hydrogen) atoms. The molecule has 7 nitrogen and oxygen atoms in total. The number of carbonyl (C=O) groups excluding carboxylic acids is 1. The standard InChI is InChI=1S/C20H25FN6O/c1-15-13-18(24-19(22-15)26-7-2-3-8-26)25-9-11-27(12-10-25)20(28)23-17-6-4-5-16(21)14-17/h4-6,13-14H,2-3,7-12H2,1H3,(H,23,28). The third-order valence-corrected chi connectivity index (χ3v) is 5.18. The second-order valence-corrected chi connectivity index (χ2v) is 7.28. The highest BCUT2D eigenvalue weighted by atomic mass is 19.1. The first kappa shape index (κ1) is 18.5. The Kier molecular flexibility index (Phi) is 5.27. The van der Waals surface area contributed by atoms with Crippen molar-refractivity contribution >= 4 is 23.5 Å². The summed E-state index contributed by atoms with van der Waals surface area (Å²) in [6.45, 7) is 6.59. The SMILES string of the molecule is Cc1cc(N2CCN(C(=O)Nc3cccc(F)c3)CC2)nc(N2CCCC2)n1. The number of amides is 2. The second-order valence-electron chi connectivity index (χ2n) is 7.28. The molecule has 2 saturated heterocycles. The van der Waals surface area contributed by atoms with Crippen LogP contribution in [0.2, 0.25) is 0 Å². The molecule has 1 N–H and O–H groups in total. The van der Waals surface area contributed by atoms with Gasteiger partial charge in [0.1, 0.15) is 11.6 Å². The maximum Gasteiger partial charge on any atom is 0.321 e. The lowest BCUT2D eigenvalue weighted by molar-refractivity contribution is 0.208. The lowest BCUT2D eigenvalue weighted by Gasteiger charge is -2.35. The van der Waals surface area contributed by atoms with Crippen LogP contribution >= 0.6 is 0 Å². The summed E-state index contributed by atoms with van der Waals surface area (Å²) in [6.07, 6.45) is 2.37. The molecule has 0 spiro atoms. The van der Waals surface area contributed by atoms with E-state index in [-0.39, 0.29) is 11.8 Å². The van der Waals surface area contributed by atoms with E-state index >= 15 is 0 Å². The van der Waals surface area contributed by atoms with Gasteiger partial charge in [-0.3, -0.25) is 0 Å². The molecule has 2 fully saturated rings. The van der Waals surface area contributed by atoms with E-state index in [4.69, 9.17) is 4.98 Å². The number of halogens is 1. The van der Waals surface area contributed by atoms with Gasteiger partial charge in [0.25, 0.3) is 0 Å². The largest absolute Gasteiger partial charge is 0.353 e. The smallest absolute Gasteiger partial charge is 0.321 e. The van der Waals surface area contributed by atoms with E-state index in [0.717, 1.165) is 30.5 Å². The van der Waals surface area contributed by atoms with E-state index in [0.29, 0.717) is 31.9 Å². The zero-order chi connectivity index (χ0) is 19.5. The molecule has 0 saturated carbocycles. The van der Waals surface area contributed by atoms with Gasteiger partial charge in [-0.2, -0.15) is 4.98 Å². The number of hydrogen-bond donors (Lipinski definition) is 1. The van der Waals surface area contributed by atoms with Gasteiger partial charge >= 0.3 is 6.03 Å². The molecule has 2 aromatic rings. The Morgan fingerprint density at radius 3 is 2.46 bits per heavy atom. The highest BCUT2D eigenvalue weighted by Crippen LogP contribution is 2.22. The predicted molar refractivity (Wildman–Crippen MR) is 107 cm³/mol. The number of carbonyl (C=O) groups is 1. The van der Waals surface area contributed by atoms with Gasteiger partial charge in [0, 0.05) is 56.7 Å². The lowest BCUT2D eigenvalue weighted by atomic mass is 10.3. The quantitative estimate of drug-likeness (QED) is 0.882. The number of nitrogens with zero attached hydrogens (tertiary/aromatic N) is 5. The van der Waals surface area contributed by atoms with Gasteiger partial charge in [-0.25, -0.2) is 14.2 Å². The molecule has 0 bridgehead atoms. The molecule has 148 valence electrons. The first-order valence-electron chi connectivity index (χ1n) is 9.75. The molecular weight excluding hydrogens is 359 g/mol. The Balaban J connectivity index is 1.38. The number of anilines is 3. The molecule has 3 heterocycles. The fourth-order valence-electron chi connectivity index (χ4n) is 3.66. The van der Waals surface area contributed by atoms with E-state index in [1.165, 1.54) is 25.0 Å². The van der Waals surface area contributed by atoms with Gasteiger partial charge in [-0.15, -0.1) is 0 Å². The number of piperazine rings is 1. The molecule has 0 unspecified atom stereocenters. The van der Waals surface area contributed by atoms with Crippen LogP contribution in [0.1, 0.15) is 18.5 Å². The number of nitrogens with one attached hydrogen (secondary N) is 1. The van der Waals surface area contributed by atoms with Crippen molar-refractivity contribution in [3.8, 4) is 0 Å². The van der Waals surface area contributed by atoms with Gasteiger partial charge in [0.2, 0.25) is 5.95 Å². The molecule has 0 radical (unpaired) electrons. The van der Waals surface area contributed by atoms with Crippen molar-refractivity contribution in [1.82, 2.24) is 14.9 Å². The van der Waals surface area contributed by atoms with Crippen LogP contribution in [0.4, 0.5) is 26.6 Å². The third-order valence-electron chi connectivity index (χ3n) is 5.18. The third kappa shape index (κ3) is 4.16. The summed E-state index contributed by atoms with van der Waals surface area (Å²) in [4.78, 5) is 28.0. The summed E-state index contributed by atoms with van der Waals surface area (Å²) in [7, 11) is 0. The Hall–Kier alpha value is -2.90. The lowest BCUT2D eigenvalue weighted by Crippen LogP contribution is -2.50. The highest BCUT2D eigenvalue weighted by molar-refractivity contribution is 5.89. The number of benzene rings is 1. The predicted octanol–water partition coefficient (Wildman–Crippen LogP) is 2.88. The van der Waals surface area contributed by atoms with Gasteiger partial charge < -0.3 is 20.0 Å². The first-order valence-corrected chi connectivity index (χ1v) is 9.75. The van der Waals surface area contributed by atoms with Crippen LogP contribution in [0.25, 0.3) is 0 Å². The van der Waals surface area contributed by atoms with Gasteiger partial charge in [-0.1, -0.05) is 6.07 Å². The minimum Gasteiger partial charge on any atom is -0.353 e. The molecule has 8 heteroatoms. The number of aromatic nitrogens is 2. The summed E-state index contributed by atoms with van der Waals surface area (Å²) in [5.41, 5.74) is 1.42. The second kappa shape index (κ2) is 8.00. The molecule has 0 aliphatic carbocycles. The average molecular weight is 384 g/mol. The van der Waals surface area contributed by atoms with Crippen LogP contribution in [0, 0.1) is 12.7 Å². The Labute approximate surface area is 164 Å². The zero-order valence-corrected chi connectivity index (χ0v) is 16.1. The van der Waals surface area contributed by atoms with E-state index in [1.807, 2.05) is 13.0 Å². The van der Waals surface area contributed by atoms with Crippen molar-refractivity contribution in [2.24, 2.45) is 0 Å². The van der Waals surface area contributed by atoms with Crippen molar-refractivity contribution in [3.63, 3.8) is 0 Å². The van der Waals surface area contributed by atoms with Gasteiger partial charge in [-0.05, 0) is 38.0 Å². The molecule has 2 aliphatic rings. The molecule has 1 aromatic carbocycles. The highest BCUT2D eigenvalue weighted by Gasteiger charge is 2.24. The van der Waals surface area contributed by atoms with E-state index in [9.17, 15) is 9.18 Å². The molecule has 2 aliphatic heterocycles.